The average molecular weight is 534 g/mol. The van der Waals surface area contributed by atoms with E-state index >= 15 is 0 Å². The zero-order valence-corrected chi connectivity index (χ0v) is 20.1. The van der Waals surface area contributed by atoms with Gasteiger partial charge in [0.1, 0.15) is 17.0 Å². The smallest absolute Gasteiger partial charge is 0.227 e. The molecule has 0 aliphatic heterocycles. The summed E-state index contributed by atoms with van der Waals surface area (Å²) in [4.78, 5) is 9.08. The van der Waals surface area contributed by atoms with Crippen molar-refractivity contribution in [2.75, 3.05) is 0 Å². The highest BCUT2D eigenvalue weighted by molar-refractivity contribution is 9.10. The number of rotatable bonds is 5. The van der Waals surface area contributed by atoms with Crippen molar-refractivity contribution in [2.24, 2.45) is 4.99 Å². The molecule has 2 N–H and O–H groups in total. The Morgan fingerprint density at radius 1 is 0.941 bits per heavy atom. The molecule has 0 aliphatic carbocycles. The van der Waals surface area contributed by atoms with Crippen LogP contribution in [0.15, 0.2) is 92.7 Å². The highest BCUT2D eigenvalue weighted by Gasteiger charge is 2.11. The molecule has 0 spiro atoms. The maximum Gasteiger partial charge on any atom is 0.227 e. The number of aliphatic imine (C=N–C) groups is 1. The number of aromatic nitrogens is 1. The molecule has 5 rings (SSSR count). The summed E-state index contributed by atoms with van der Waals surface area (Å²) < 4.78 is 6.42. The third-order valence-electron chi connectivity index (χ3n) is 5.36. The number of aromatic hydroxyl groups is 2. The molecule has 0 unspecified atom stereocenters. The van der Waals surface area contributed by atoms with Crippen molar-refractivity contribution in [3.63, 3.8) is 0 Å². The van der Waals surface area contributed by atoms with E-state index in [1.165, 1.54) is 0 Å². The summed E-state index contributed by atoms with van der Waals surface area (Å²) >= 11 is 9.60. The molecule has 1 aromatic heterocycles. The fourth-order valence-corrected chi connectivity index (χ4v) is 4.16. The van der Waals surface area contributed by atoms with Gasteiger partial charge >= 0.3 is 0 Å². The van der Waals surface area contributed by atoms with E-state index in [2.05, 4.69) is 25.9 Å². The molecule has 0 fully saturated rings. The zero-order valence-electron chi connectivity index (χ0n) is 17.7. The van der Waals surface area contributed by atoms with Crippen LogP contribution in [0.2, 0.25) is 5.02 Å². The number of benzene rings is 4. The predicted octanol–water partition coefficient (Wildman–Crippen LogP) is 7.66. The van der Waals surface area contributed by atoms with Crippen LogP contribution in [0.25, 0.3) is 22.6 Å². The van der Waals surface area contributed by atoms with Crippen molar-refractivity contribution in [1.29, 1.82) is 0 Å². The van der Waals surface area contributed by atoms with Crippen LogP contribution < -0.4 is 0 Å². The van der Waals surface area contributed by atoms with Gasteiger partial charge in [0.2, 0.25) is 5.89 Å². The van der Waals surface area contributed by atoms with E-state index in [-0.39, 0.29) is 11.5 Å². The summed E-state index contributed by atoms with van der Waals surface area (Å²) in [6, 6.07) is 23.7. The lowest BCUT2D eigenvalue weighted by atomic mass is 10.0. The summed E-state index contributed by atoms with van der Waals surface area (Å²) in [5.41, 5.74) is 5.35. The van der Waals surface area contributed by atoms with Gasteiger partial charge in [0.25, 0.3) is 0 Å². The second-order valence-corrected chi connectivity index (χ2v) is 9.02. The zero-order chi connectivity index (χ0) is 23.7. The third kappa shape index (κ3) is 4.69. The fourth-order valence-electron chi connectivity index (χ4n) is 3.58. The summed E-state index contributed by atoms with van der Waals surface area (Å²) in [6.07, 6.45) is 2.28. The van der Waals surface area contributed by atoms with Crippen molar-refractivity contribution in [3.8, 4) is 23.0 Å². The number of oxazole rings is 1. The second-order valence-electron chi connectivity index (χ2n) is 7.76. The minimum absolute atomic E-state index is 0.148. The van der Waals surface area contributed by atoms with Crippen molar-refractivity contribution in [3.05, 3.63) is 105 Å². The van der Waals surface area contributed by atoms with Crippen LogP contribution in [0.3, 0.4) is 0 Å². The molecule has 4 aromatic carbocycles. The quantitative estimate of drug-likeness (QED) is 0.227. The first-order valence-corrected chi connectivity index (χ1v) is 11.6. The molecule has 0 atom stereocenters. The Morgan fingerprint density at radius 2 is 1.76 bits per heavy atom. The summed E-state index contributed by atoms with van der Waals surface area (Å²) in [6.45, 7) is 0. The molecule has 0 saturated heterocycles. The van der Waals surface area contributed by atoms with Gasteiger partial charge in [-0.3, -0.25) is 4.99 Å². The number of hydrogen-bond acceptors (Lipinski definition) is 5. The SMILES string of the molecule is Oc1ccc(-c2nc3cc(N=Cc4cc(Cc5ccccc5Cl)ccc4O)ccc3o2)cc1Br. The van der Waals surface area contributed by atoms with Gasteiger partial charge in [0.15, 0.2) is 5.58 Å². The number of fused-ring (bicyclic) bond motifs is 1. The molecule has 34 heavy (non-hydrogen) atoms. The van der Waals surface area contributed by atoms with Crippen molar-refractivity contribution in [2.45, 2.75) is 6.42 Å². The average Bonchev–Trinajstić information content (AvgIpc) is 3.26. The van der Waals surface area contributed by atoms with E-state index in [0.717, 1.165) is 16.7 Å². The summed E-state index contributed by atoms with van der Waals surface area (Å²) in [5, 5.41) is 20.7. The van der Waals surface area contributed by atoms with E-state index in [9.17, 15) is 10.2 Å². The monoisotopic (exact) mass is 532 g/mol. The Balaban J connectivity index is 1.40. The van der Waals surface area contributed by atoms with Crippen LogP contribution in [-0.2, 0) is 6.42 Å². The predicted molar refractivity (Wildman–Crippen MR) is 138 cm³/mol. The lowest BCUT2D eigenvalue weighted by Crippen LogP contribution is -1.92. The minimum atomic E-state index is 0.148. The molecule has 1 heterocycles. The number of phenolic OH excluding ortho intramolecular Hbond substituents is 2. The Bertz CT molecular complexity index is 1540. The summed E-state index contributed by atoms with van der Waals surface area (Å²) in [7, 11) is 0. The van der Waals surface area contributed by atoms with Crippen LogP contribution in [0.4, 0.5) is 5.69 Å². The molecule has 5 aromatic rings. The lowest BCUT2D eigenvalue weighted by Gasteiger charge is -2.06. The molecule has 0 aliphatic rings. The van der Waals surface area contributed by atoms with E-state index < -0.39 is 0 Å². The topological polar surface area (TPSA) is 78.9 Å². The van der Waals surface area contributed by atoms with Gasteiger partial charge in [-0.25, -0.2) is 4.98 Å². The number of halogens is 2. The van der Waals surface area contributed by atoms with Gasteiger partial charge in [-0.05, 0) is 88.1 Å². The van der Waals surface area contributed by atoms with E-state index in [0.29, 0.717) is 44.2 Å². The molecular formula is C27H18BrClN2O3. The Kier molecular flexibility index (Phi) is 6.09. The number of phenols is 2. The van der Waals surface area contributed by atoms with Crippen LogP contribution in [0.5, 0.6) is 11.5 Å². The molecule has 0 saturated carbocycles. The lowest BCUT2D eigenvalue weighted by molar-refractivity contribution is 0.472. The van der Waals surface area contributed by atoms with Gasteiger partial charge < -0.3 is 14.6 Å². The van der Waals surface area contributed by atoms with Crippen LogP contribution in [0, 0.1) is 0 Å². The van der Waals surface area contributed by atoms with Crippen LogP contribution >= 0.6 is 27.5 Å². The first-order valence-electron chi connectivity index (χ1n) is 10.4. The Labute approximate surface area is 209 Å². The molecule has 0 bridgehead atoms. The van der Waals surface area contributed by atoms with E-state index in [1.54, 1.807) is 30.5 Å². The molecule has 168 valence electrons. The number of nitrogens with zero attached hydrogens (tertiary/aromatic N) is 2. The van der Waals surface area contributed by atoms with Gasteiger partial charge in [-0.1, -0.05) is 35.9 Å². The molecule has 7 heteroatoms. The Hall–Kier alpha value is -3.61. The maximum atomic E-state index is 10.3. The summed E-state index contributed by atoms with van der Waals surface area (Å²) in [5.74, 6) is 0.742. The largest absolute Gasteiger partial charge is 0.507 e. The first-order chi connectivity index (χ1) is 16.5. The minimum Gasteiger partial charge on any atom is -0.507 e. The van der Waals surface area contributed by atoms with Crippen molar-refractivity contribution in [1.82, 2.24) is 4.98 Å². The van der Waals surface area contributed by atoms with Gasteiger partial charge in [-0.2, -0.15) is 0 Å². The third-order valence-corrected chi connectivity index (χ3v) is 6.37. The standard InChI is InChI=1S/C27H18BrClN2O3/c28-21-13-18(6-9-25(21)33)27-31-23-14-20(7-10-26(23)34-27)30-15-19-12-16(5-8-24(19)32)11-17-3-1-2-4-22(17)29/h1-10,12-15,32-33H,11H2. The molecule has 0 radical (unpaired) electrons. The van der Waals surface area contributed by atoms with E-state index in [4.69, 9.17) is 16.0 Å². The van der Waals surface area contributed by atoms with Gasteiger partial charge in [0.05, 0.1) is 10.2 Å². The number of hydrogen-bond donors (Lipinski definition) is 2. The van der Waals surface area contributed by atoms with Crippen molar-refractivity contribution >= 4 is 50.5 Å². The first kappa shape index (κ1) is 22.2. The van der Waals surface area contributed by atoms with Gasteiger partial charge in [0, 0.05) is 22.4 Å². The maximum absolute atomic E-state index is 10.3. The van der Waals surface area contributed by atoms with Gasteiger partial charge in [-0.15, -0.1) is 0 Å². The van der Waals surface area contributed by atoms with E-state index in [1.807, 2.05) is 54.6 Å². The Morgan fingerprint density at radius 3 is 2.59 bits per heavy atom. The highest BCUT2D eigenvalue weighted by atomic mass is 79.9. The molecule has 5 nitrogen and oxygen atoms in total. The molecular weight excluding hydrogens is 516 g/mol. The normalized spacial score (nSPS) is 11.5. The highest BCUT2D eigenvalue weighted by Crippen LogP contribution is 2.32. The second kappa shape index (κ2) is 9.33. The fraction of sp³-hybridized carbons (Fsp3) is 0.0370. The molecule has 0 amide bonds. The van der Waals surface area contributed by atoms with Crippen LogP contribution in [-0.4, -0.2) is 21.4 Å². The van der Waals surface area contributed by atoms with Crippen LogP contribution in [0.1, 0.15) is 16.7 Å². The van der Waals surface area contributed by atoms with Crippen molar-refractivity contribution < 1.29 is 14.6 Å².